The lowest BCUT2D eigenvalue weighted by molar-refractivity contribution is 0.0465. The molecule has 0 bridgehead atoms. The summed E-state index contributed by atoms with van der Waals surface area (Å²) in [6.45, 7) is 3.59. The second-order valence-corrected chi connectivity index (χ2v) is 7.21. The number of methoxy groups -OCH3 is 1. The van der Waals surface area contributed by atoms with Crippen molar-refractivity contribution in [2.24, 2.45) is 0 Å². The van der Waals surface area contributed by atoms with Gasteiger partial charge in [-0.15, -0.1) is 0 Å². The van der Waals surface area contributed by atoms with Crippen LogP contribution < -0.4 is 4.74 Å². The maximum atomic E-state index is 12.6. The highest BCUT2D eigenvalue weighted by molar-refractivity contribution is 6.00. The Morgan fingerprint density at radius 1 is 1.17 bits per heavy atom. The number of rotatable bonds is 7. The van der Waals surface area contributed by atoms with Crippen LogP contribution in [0, 0.1) is 13.8 Å². The first-order chi connectivity index (χ1) is 14.0. The second kappa shape index (κ2) is 7.58. The normalized spacial score (nSPS) is 13.3. The molecule has 150 valence electrons. The topological polar surface area (TPSA) is 75.4 Å². The van der Waals surface area contributed by atoms with Gasteiger partial charge >= 0.3 is 5.97 Å². The van der Waals surface area contributed by atoms with E-state index in [1.54, 1.807) is 10.9 Å². The molecule has 0 radical (unpaired) electrons. The van der Waals surface area contributed by atoms with Gasteiger partial charge in [0, 0.05) is 23.0 Å². The number of carbonyl (C=O) groups is 2. The lowest BCUT2D eigenvalue weighted by atomic mass is 10.1. The number of hydrogen-bond donors (Lipinski definition) is 0. The van der Waals surface area contributed by atoms with Crippen LogP contribution in [0.25, 0.3) is 5.69 Å². The van der Waals surface area contributed by atoms with Gasteiger partial charge in [-0.2, -0.15) is 5.10 Å². The molecule has 0 unspecified atom stereocenters. The lowest BCUT2D eigenvalue weighted by Gasteiger charge is -2.07. The van der Waals surface area contributed by atoms with Gasteiger partial charge in [0.15, 0.2) is 12.4 Å². The predicted molar refractivity (Wildman–Crippen MR) is 107 cm³/mol. The molecule has 2 heterocycles. The quantitative estimate of drug-likeness (QED) is 0.452. The van der Waals surface area contributed by atoms with Gasteiger partial charge in [0.2, 0.25) is 11.5 Å². The molecule has 0 amide bonds. The first-order valence-corrected chi connectivity index (χ1v) is 9.57. The molecule has 29 heavy (non-hydrogen) atoms. The van der Waals surface area contributed by atoms with E-state index in [0.29, 0.717) is 17.4 Å². The summed E-state index contributed by atoms with van der Waals surface area (Å²) in [5.74, 6) is -0.626. The van der Waals surface area contributed by atoms with Gasteiger partial charge < -0.3 is 14.0 Å². The summed E-state index contributed by atoms with van der Waals surface area (Å²) in [6, 6.07) is 11.7. The third kappa shape index (κ3) is 3.68. The number of ketones is 1. The fraction of sp³-hybridized carbons (Fsp3) is 0.318. The van der Waals surface area contributed by atoms with E-state index < -0.39 is 5.97 Å². The zero-order valence-electron chi connectivity index (χ0n) is 16.7. The van der Waals surface area contributed by atoms with E-state index >= 15 is 0 Å². The van der Waals surface area contributed by atoms with Gasteiger partial charge in [-0.1, -0.05) is 18.2 Å². The molecule has 3 aromatic rings. The molecule has 1 saturated carbocycles. The zero-order chi connectivity index (χ0) is 20.5. The fourth-order valence-corrected chi connectivity index (χ4v) is 3.59. The van der Waals surface area contributed by atoms with Crippen LogP contribution in [0.3, 0.4) is 0 Å². The summed E-state index contributed by atoms with van der Waals surface area (Å²) < 4.78 is 14.3. The number of carbonyl (C=O) groups excluding carboxylic acids is 2. The number of benzene rings is 1. The highest BCUT2D eigenvalue weighted by Crippen LogP contribution is 2.38. The number of ether oxygens (including phenoxy) is 2. The van der Waals surface area contributed by atoms with Gasteiger partial charge in [-0.25, -0.2) is 9.48 Å². The maximum absolute atomic E-state index is 12.6. The van der Waals surface area contributed by atoms with Crippen molar-refractivity contribution in [3.05, 3.63) is 65.2 Å². The monoisotopic (exact) mass is 393 g/mol. The Labute approximate surface area is 168 Å². The SMILES string of the molecule is COc1cn(-c2ccccc2)nc1C(=O)OCC(=O)c1cc(C)n(C2CC2)c1C. The maximum Gasteiger partial charge on any atom is 0.363 e. The van der Waals surface area contributed by atoms with Gasteiger partial charge in [-0.3, -0.25) is 4.79 Å². The first kappa shape index (κ1) is 19.0. The highest BCUT2D eigenvalue weighted by Gasteiger charge is 2.29. The molecular formula is C22H23N3O4. The van der Waals surface area contributed by atoms with Crippen molar-refractivity contribution in [2.75, 3.05) is 13.7 Å². The van der Waals surface area contributed by atoms with Crippen LogP contribution in [0.4, 0.5) is 0 Å². The summed E-state index contributed by atoms with van der Waals surface area (Å²) in [4.78, 5) is 25.2. The Morgan fingerprint density at radius 3 is 2.55 bits per heavy atom. The minimum absolute atomic E-state index is 0.0348. The minimum Gasteiger partial charge on any atom is -0.493 e. The standard InChI is InChI=1S/C22H23N3O4/c1-14-11-18(15(2)25(14)17-9-10-17)19(26)13-29-22(27)21-20(28-3)12-24(23-21)16-7-5-4-6-8-16/h4-8,11-12,17H,9-10,13H2,1-3H3. The van der Waals surface area contributed by atoms with Gasteiger partial charge in [-0.05, 0) is 44.9 Å². The number of aryl methyl sites for hydroxylation is 1. The van der Waals surface area contributed by atoms with E-state index in [9.17, 15) is 9.59 Å². The molecular weight excluding hydrogens is 370 g/mol. The smallest absolute Gasteiger partial charge is 0.363 e. The Hall–Kier alpha value is -3.35. The summed E-state index contributed by atoms with van der Waals surface area (Å²) in [6.07, 6.45) is 3.89. The predicted octanol–water partition coefficient (Wildman–Crippen LogP) is 3.67. The first-order valence-electron chi connectivity index (χ1n) is 9.57. The third-order valence-electron chi connectivity index (χ3n) is 5.15. The second-order valence-electron chi connectivity index (χ2n) is 7.21. The molecule has 4 rings (SSSR count). The molecule has 7 nitrogen and oxygen atoms in total. The van der Waals surface area contributed by atoms with Gasteiger partial charge in [0.25, 0.3) is 0 Å². The Balaban J connectivity index is 1.48. The Morgan fingerprint density at radius 2 is 1.90 bits per heavy atom. The van der Waals surface area contributed by atoms with Crippen molar-refractivity contribution < 1.29 is 19.1 Å². The van der Waals surface area contributed by atoms with E-state index in [-0.39, 0.29) is 18.1 Å². The van der Waals surface area contributed by atoms with Crippen LogP contribution in [0.5, 0.6) is 5.75 Å². The summed E-state index contributed by atoms with van der Waals surface area (Å²) in [7, 11) is 1.46. The van der Waals surface area contributed by atoms with Crippen LogP contribution in [-0.2, 0) is 4.74 Å². The van der Waals surface area contributed by atoms with Crippen LogP contribution >= 0.6 is 0 Å². The van der Waals surface area contributed by atoms with Crippen molar-refractivity contribution in [3.63, 3.8) is 0 Å². The van der Waals surface area contributed by atoms with Gasteiger partial charge in [0.05, 0.1) is 19.0 Å². The van der Waals surface area contributed by atoms with E-state index in [2.05, 4.69) is 9.67 Å². The zero-order valence-corrected chi connectivity index (χ0v) is 16.7. The fourth-order valence-electron chi connectivity index (χ4n) is 3.59. The van der Waals surface area contributed by atoms with E-state index in [4.69, 9.17) is 9.47 Å². The summed E-state index contributed by atoms with van der Waals surface area (Å²) in [5.41, 5.74) is 3.41. The number of nitrogens with zero attached hydrogens (tertiary/aromatic N) is 3. The van der Waals surface area contributed by atoms with E-state index in [1.165, 1.54) is 7.11 Å². The van der Waals surface area contributed by atoms with Crippen molar-refractivity contribution in [1.29, 1.82) is 0 Å². The van der Waals surface area contributed by atoms with E-state index in [1.807, 2.05) is 50.2 Å². The van der Waals surface area contributed by atoms with Crippen molar-refractivity contribution >= 4 is 11.8 Å². The molecule has 1 aliphatic carbocycles. The summed E-state index contributed by atoms with van der Waals surface area (Å²) in [5, 5.41) is 4.27. The largest absolute Gasteiger partial charge is 0.493 e. The van der Waals surface area contributed by atoms with Crippen molar-refractivity contribution in [1.82, 2.24) is 14.3 Å². The number of para-hydroxylation sites is 1. The molecule has 0 saturated heterocycles. The minimum atomic E-state index is -0.694. The van der Waals surface area contributed by atoms with Gasteiger partial charge in [0.1, 0.15) is 0 Å². The van der Waals surface area contributed by atoms with Crippen molar-refractivity contribution in [3.8, 4) is 11.4 Å². The lowest BCUT2D eigenvalue weighted by Crippen LogP contribution is -2.16. The molecule has 0 atom stereocenters. The molecule has 0 spiro atoms. The van der Waals surface area contributed by atoms with E-state index in [0.717, 1.165) is 29.9 Å². The molecule has 2 aromatic heterocycles. The molecule has 1 aromatic carbocycles. The molecule has 0 N–H and O–H groups in total. The summed E-state index contributed by atoms with van der Waals surface area (Å²) >= 11 is 0. The molecule has 1 fully saturated rings. The van der Waals surface area contributed by atoms with Crippen LogP contribution in [0.1, 0.15) is 51.1 Å². The average Bonchev–Trinajstić information content (AvgIpc) is 3.38. The number of hydrogen-bond acceptors (Lipinski definition) is 5. The average molecular weight is 393 g/mol. The highest BCUT2D eigenvalue weighted by atomic mass is 16.5. The Bertz CT molecular complexity index is 1060. The molecule has 0 aliphatic heterocycles. The van der Waals surface area contributed by atoms with Crippen LogP contribution in [0.2, 0.25) is 0 Å². The van der Waals surface area contributed by atoms with Crippen molar-refractivity contribution in [2.45, 2.75) is 32.7 Å². The molecule has 1 aliphatic rings. The number of aromatic nitrogens is 3. The van der Waals surface area contributed by atoms with Crippen LogP contribution in [0.15, 0.2) is 42.6 Å². The van der Waals surface area contributed by atoms with Crippen LogP contribution in [-0.4, -0.2) is 39.8 Å². The number of esters is 1. The molecule has 7 heteroatoms. The Kier molecular flexibility index (Phi) is 4.96. The number of Topliss-reactive ketones (excluding diaryl/α,β-unsaturated/α-hetero) is 1. The third-order valence-corrected chi connectivity index (χ3v) is 5.15.